The summed E-state index contributed by atoms with van der Waals surface area (Å²) in [5.41, 5.74) is -0.449. The average molecular weight is 606 g/mol. The average Bonchev–Trinajstić information content (AvgIpc) is 3.27. The maximum atomic E-state index is 13.0. The first-order valence-corrected chi connectivity index (χ1v) is 13.8. The van der Waals surface area contributed by atoms with Gasteiger partial charge in [-0.3, -0.25) is 14.6 Å². The van der Waals surface area contributed by atoms with E-state index in [0.717, 1.165) is 17.7 Å². The summed E-state index contributed by atoms with van der Waals surface area (Å²) in [5, 5.41) is 8.59. The first kappa shape index (κ1) is 30.7. The van der Waals surface area contributed by atoms with E-state index < -0.39 is 23.4 Å². The smallest absolute Gasteiger partial charge is 0.434 e. The van der Waals surface area contributed by atoms with Crippen molar-refractivity contribution in [2.75, 3.05) is 23.7 Å². The van der Waals surface area contributed by atoms with Crippen LogP contribution in [0.2, 0.25) is 0 Å². The van der Waals surface area contributed by atoms with Gasteiger partial charge in [0.25, 0.3) is 11.8 Å². The number of carbonyl (C=O) groups excluding carboxylic acids is 3. The second kappa shape index (κ2) is 12.3. The fourth-order valence-corrected chi connectivity index (χ4v) is 4.90. The van der Waals surface area contributed by atoms with Gasteiger partial charge in [0.1, 0.15) is 16.4 Å². The van der Waals surface area contributed by atoms with Crippen LogP contribution in [-0.2, 0) is 10.9 Å². The molecule has 3 N–H and O–H groups in total. The number of ether oxygens (including phenoxy) is 1. The molecule has 0 aliphatic carbocycles. The number of nitrogens with zero attached hydrogens (tertiary/aromatic N) is 4. The number of aromatic nitrogens is 3. The van der Waals surface area contributed by atoms with E-state index in [-0.39, 0.29) is 34.4 Å². The van der Waals surface area contributed by atoms with Crippen LogP contribution in [0.5, 0.6) is 0 Å². The highest BCUT2D eigenvalue weighted by Gasteiger charge is 2.33. The molecule has 0 radical (unpaired) electrons. The van der Waals surface area contributed by atoms with Crippen molar-refractivity contribution < 1.29 is 32.3 Å². The van der Waals surface area contributed by atoms with Gasteiger partial charge in [-0.1, -0.05) is 0 Å². The molecule has 1 aliphatic heterocycles. The number of rotatable bonds is 6. The number of hydrogen-bond acceptors (Lipinski definition) is 9. The molecule has 0 atom stereocenters. The summed E-state index contributed by atoms with van der Waals surface area (Å²) in [4.78, 5) is 46.8. The zero-order valence-electron chi connectivity index (χ0n) is 23.3. The monoisotopic (exact) mass is 605 g/mol. The van der Waals surface area contributed by atoms with Crippen molar-refractivity contribution in [1.29, 1.82) is 0 Å². The Kier molecular flexibility index (Phi) is 8.99. The summed E-state index contributed by atoms with van der Waals surface area (Å²) < 4.78 is 48.5. The summed E-state index contributed by atoms with van der Waals surface area (Å²) in [6.07, 6.45) is -2.14. The van der Waals surface area contributed by atoms with E-state index in [2.05, 4.69) is 30.3 Å². The highest BCUT2D eigenvalue weighted by atomic mass is 32.1. The van der Waals surface area contributed by atoms with Crippen molar-refractivity contribution in [1.82, 2.24) is 24.6 Å². The van der Waals surface area contributed by atoms with E-state index in [1.807, 2.05) is 20.8 Å². The van der Waals surface area contributed by atoms with Crippen molar-refractivity contribution in [3.8, 4) is 0 Å². The van der Waals surface area contributed by atoms with Crippen LogP contribution in [0.1, 0.15) is 65.7 Å². The number of hydrogen-bond donors (Lipinski definition) is 3. The Balaban J connectivity index is 1.33. The molecule has 224 valence electrons. The number of likely N-dealkylation sites (tertiary alicyclic amines) is 1. The summed E-state index contributed by atoms with van der Waals surface area (Å²) in [5.74, 6) is -1.01. The molecule has 3 aromatic rings. The summed E-state index contributed by atoms with van der Waals surface area (Å²) in [6.45, 7) is 7.97. The molecule has 3 amide bonds. The van der Waals surface area contributed by atoms with Gasteiger partial charge in [0, 0.05) is 30.4 Å². The van der Waals surface area contributed by atoms with E-state index in [0.29, 0.717) is 49.1 Å². The fourth-order valence-electron chi connectivity index (χ4n) is 4.10. The second-order valence-corrected chi connectivity index (χ2v) is 11.4. The third-order valence-electron chi connectivity index (χ3n) is 6.14. The highest BCUT2D eigenvalue weighted by molar-refractivity contribution is 7.10. The lowest BCUT2D eigenvalue weighted by atomic mass is 10.0. The van der Waals surface area contributed by atoms with Gasteiger partial charge in [-0.05, 0) is 76.3 Å². The molecule has 4 rings (SSSR count). The molecule has 1 aromatic carbocycles. The Morgan fingerprint density at radius 2 is 1.69 bits per heavy atom. The molecule has 1 saturated heterocycles. The molecule has 3 heterocycles. The summed E-state index contributed by atoms with van der Waals surface area (Å²) >= 11 is 0.897. The molecule has 1 aliphatic rings. The number of anilines is 3. The molecule has 15 heteroatoms. The van der Waals surface area contributed by atoms with E-state index in [4.69, 9.17) is 4.74 Å². The van der Waals surface area contributed by atoms with E-state index in [1.54, 1.807) is 36.1 Å². The van der Waals surface area contributed by atoms with E-state index in [1.165, 1.54) is 0 Å². The zero-order valence-corrected chi connectivity index (χ0v) is 24.2. The molecule has 11 nitrogen and oxygen atoms in total. The van der Waals surface area contributed by atoms with Gasteiger partial charge in [-0.15, -0.1) is 0 Å². The van der Waals surface area contributed by atoms with Crippen LogP contribution in [0.15, 0.2) is 36.7 Å². The van der Waals surface area contributed by atoms with Gasteiger partial charge < -0.3 is 25.6 Å². The fraction of sp³-hybridized carbons (Fsp3) is 0.407. The van der Waals surface area contributed by atoms with E-state index >= 15 is 0 Å². The molecular weight excluding hydrogens is 575 g/mol. The van der Waals surface area contributed by atoms with Crippen molar-refractivity contribution in [3.63, 3.8) is 0 Å². The SMILES string of the molecule is Cc1nsc(Nc2cncc(C(F)(F)F)n2)c1C(=O)Nc1ccc(C(=O)NC2CCN(C(=O)OC(C)(C)C)CC2)cc1. The van der Waals surface area contributed by atoms with Crippen LogP contribution in [0.4, 0.5) is 34.5 Å². The first-order chi connectivity index (χ1) is 19.7. The highest BCUT2D eigenvalue weighted by Crippen LogP contribution is 2.31. The zero-order chi connectivity index (χ0) is 30.7. The van der Waals surface area contributed by atoms with Crippen LogP contribution in [0, 0.1) is 6.92 Å². The third-order valence-corrected chi connectivity index (χ3v) is 7.00. The van der Waals surface area contributed by atoms with Gasteiger partial charge in [-0.2, -0.15) is 17.5 Å². The normalized spacial score (nSPS) is 14.3. The number of halogens is 3. The molecule has 0 saturated carbocycles. The summed E-state index contributed by atoms with van der Waals surface area (Å²) in [6, 6.07) is 6.17. The largest absolute Gasteiger partial charge is 0.444 e. The number of nitrogens with one attached hydrogen (secondary N) is 3. The molecule has 0 bridgehead atoms. The third kappa shape index (κ3) is 7.93. The Bertz CT molecular complexity index is 1450. The molecule has 1 fully saturated rings. The van der Waals surface area contributed by atoms with Crippen molar-refractivity contribution in [3.05, 3.63) is 59.2 Å². The van der Waals surface area contributed by atoms with Crippen LogP contribution in [-0.4, -0.2) is 61.9 Å². The Morgan fingerprint density at radius 3 is 2.31 bits per heavy atom. The summed E-state index contributed by atoms with van der Waals surface area (Å²) in [7, 11) is 0. The lowest BCUT2D eigenvalue weighted by molar-refractivity contribution is -0.141. The standard InChI is InChI=1S/C27H30F3N7O4S/c1-15-21(24(42-36-15)35-20-14-31-13-19(34-20)27(28,29)30)23(39)33-17-7-5-16(6-8-17)22(38)32-18-9-11-37(12-10-18)25(40)41-26(2,3)4/h5-8,13-14,18H,9-12H2,1-4H3,(H,32,38)(H,33,39)(H,34,35). The van der Waals surface area contributed by atoms with Crippen LogP contribution in [0.25, 0.3) is 0 Å². The van der Waals surface area contributed by atoms with Crippen molar-refractivity contribution in [2.45, 2.75) is 58.4 Å². The minimum atomic E-state index is -4.67. The number of piperidine rings is 1. The lowest BCUT2D eigenvalue weighted by Gasteiger charge is -2.33. The van der Waals surface area contributed by atoms with Crippen LogP contribution < -0.4 is 16.0 Å². The molecule has 2 aromatic heterocycles. The topological polar surface area (TPSA) is 138 Å². The predicted molar refractivity (Wildman–Crippen MR) is 150 cm³/mol. The lowest BCUT2D eigenvalue weighted by Crippen LogP contribution is -2.47. The molecular formula is C27H30F3N7O4S. The second-order valence-electron chi connectivity index (χ2n) is 10.6. The molecule has 0 unspecified atom stereocenters. The quantitative estimate of drug-likeness (QED) is 0.340. The van der Waals surface area contributed by atoms with Gasteiger partial charge >= 0.3 is 12.3 Å². The Morgan fingerprint density at radius 1 is 1.02 bits per heavy atom. The predicted octanol–water partition coefficient (Wildman–Crippen LogP) is 5.39. The number of amides is 3. The first-order valence-electron chi connectivity index (χ1n) is 13.0. The Labute approximate surface area is 244 Å². The van der Waals surface area contributed by atoms with Crippen LogP contribution in [0.3, 0.4) is 0 Å². The minimum absolute atomic E-state index is 0.0999. The number of alkyl halides is 3. The van der Waals surface area contributed by atoms with Gasteiger partial charge in [-0.25, -0.2) is 9.78 Å². The Hall–Kier alpha value is -4.27. The maximum Gasteiger partial charge on any atom is 0.434 e. The van der Waals surface area contributed by atoms with Gasteiger partial charge in [0.2, 0.25) is 0 Å². The van der Waals surface area contributed by atoms with E-state index in [9.17, 15) is 27.6 Å². The maximum absolute atomic E-state index is 13.0. The van der Waals surface area contributed by atoms with Crippen LogP contribution >= 0.6 is 11.5 Å². The number of carbonyl (C=O) groups is 3. The number of benzene rings is 1. The van der Waals surface area contributed by atoms with Crippen molar-refractivity contribution in [2.24, 2.45) is 0 Å². The molecule has 42 heavy (non-hydrogen) atoms. The minimum Gasteiger partial charge on any atom is -0.444 e. The van der Waals surface area contributed by atoms with Gasteiger partial charge in [0.05, 0.1) is 23.7 Å². The van der Waals surface area contributed by atoms with Gasteiger partial charge in [0.15, 0.2) is 5.69 Å². The molecule has 0 spiro atoms. The number of aryl methyl sites for hydroxylation is 1. The van der Waals surface area contributed by atoms with Crippen molar-refractivity contribution >= 4 is 45.9 Å².